The molecule has 0 spiro atoms. The smallest absolute Gasteiger partial charge is 0.248 e. The van der Waals surface area contributed by atoms with Crippen molar-refractivity contribution in [3.8, 4) is 5.75 Å². The van der Waals surface area contributed by atoms with Crippen LogP contribution >= 0.6 is 0 Å². The molecule has 13 heteroatoms. The van der Waals surface area contributed by atoms with Crippen LogP contribution in [0.2, 0.25) is 54.4 Å². The maximum Gasteiger partial charge on any atom is 0.248 e. The average Bonchev–Trinajstić information content (AvgIpc) is 3.78. The molecule has 1 N–H and O–H groups in total. The van der Waals surface area contributed by atoms with E-state index in [1.807, 2.05) is 24.3 Å². The number of aliphatic hydroxyl groups excluding tert-OH is 1. The van der Waals surface area contributed by atoms with Gasteiger partial charge in [-0.1, -0.05) is 87.4 Å². The van der Waals surface area contributed by atoms with Crippen molar-refractivity contribution >= 4 is 30.9 Å². The van der Waals surface area contributed by atoms with E-state index in [1.54, 1.807) is 20.2 Å². The van der Waals surface area contributed by atoms with Gasteiger partial charge >= 0.3 is 0 Å². The van der Waals surface area contributed by atoms with E-state index >= 15 is 0 Å². The summed E-state index contributed by atoms with van der Waals surface area (Å²) >= 11 is 0. The third-order valence-electron chi connectivity index (χ3n) is 13.6. The summed E-state index contributed by atoms with van der Waals surface area (Å²) in [5.74, 6) is -0.603. The van der Waals surface area contributed by atoms with Crippen LogP contribution in [0.1, 0.15) is 88.1 Å². The van der Waals surface area contributed by atoms with Gasteiger partial charge < -0.3 is 32.6 Å². The molecule has 8 atom stereocenters. The molecule has 0 aliphatic carbocycles. The van der Waals surface area contributed by atoms with Gasteiger partial charge in [-0.15, -0.1) is 6.58 Å². The van der Waals surface area contributed by atoms with Crippen molar-refractivity contribution in [2.75, 3.05) is 34.5 Å². The summed E-state index contributed by atoms with van der Waals surface area (Å²) in [5.41, 5.74) is 0.307. The number of carbonyl (C=O) groups is 1. The first-order valence-corrected chi connectivity index (χ1v) is 29.5. The van der Waals surface area contributed by atoms with Crippen molar-refractivity contribution in [2.24, 2.45) is 17.8 Å². The van der Waals surface area contributed by atoms with Gasteiger partial charge in [0.05, 0.1) is 58.3 Å². The average molecular weight is 854 g/mol. The van der Waals surface area contributed by atoms with Crippen molar-refractivity contribution in [1.29, 1.82) is 0 Å². The van der Waals surface area contributed by atoms with Crippen LogP contribution in [0.5, 0.6) is 5.75 Å². The number of carbonyl (C=O) groups excluding carboxylic acids is 1. The van der Waals surface area contributed by atoms with E-state index in [0.29, 0.717) is 13.2 Å². The van der Waals surface area contributed by atoms with E-state index in [1.165, 1.54) is 12.2 Å². The van der Waals surface area contributed by atoms with E-state index < -0.39 is 60.7 Å². The summed E-state index contributed by atoms with van der Waals surface area (Å²) in [6.45, 7) is 42.9. The largest absolute Gasteiger partial charge is 0.497 e. The lowest BCUT2D eigenvalue weighted by atomic mass is 9.78. The molecule has 1 amide bonds. The number of epoxide rings is 1. The molecule has 1 aliphatic rings. The highest BCUT2D eigenvalue weighted by Gasteiger charge is 2.65. The Bertz CT molecular complexity index is 1430. The zero-order chi connectivity index (χ0) is 44.2. The first-order chi connectivity index (χ1) is 25.8. The lowest BCUT2D eigenvalue weighted by Crippen LogP contribution is -2.57. The van der Waals surface area contributed by atoms with Crippen molar-refractivity contribution in [2.45, 2.75) is 174 Å². The van der Waals surface area contributed by atoms with Crippen molar-refractivity contribution in [3.05, 3.63) is 42.5 Å². The number of hydrogen-bond donors (Lipinski definition) is 1. The highest BCUT2D eigenvalue weighted by atomic mass is 28.4. The Hall–Kier alpha value is -1.40. The van der Waals surface area contributed by atoms with E-state index in [-0.39, 0.29) is 46.1 Å². The molecule has 0 unspecified atom stereocenters. The molecule has 1 saturated heterocycles. The van der Waals surface area contributed by atoms with Crippen LogP contribution < -0.4 is 4.74 Å². The normalized spacial score (nSPS) is 21.6. The molecule has 57 heavy (non-hydrogen) atoms. The summed E-state index contributed by atoms with van der Waals surface area (Å²) in [6.07, 6.45) is -0.714. The van der Waals surface area contributed by atoms with Gasteiger partial charge in [-0.3, -0.25) is 9.63 Å². The van der Waals surface area contributed by atoms with Crippen LogP contribution in [0.4, 0.5) is 0 Å². The van der Waals surface area contributed by atoms with Crippen molar-refractivity contribution in [3.63, 3.8) is 0 Å². The Labute approximate surface area is 351 Å². The number of benzene rings is 1. The number of methoxy groups -OCH3 is 1. The van der Waals surface area contributed by atoms with Gasteiger partial charge in [0.25, 0.3) is 0 Å². The summed E-state index contributed by atoms with van der Waals surface area (Å²) in [7, 11) is -2.54. The van der Waals surface area contributed by atoms with E-state index in [2.05, 4.69) is 122 Å². The van der Waals surface area contributed by atoms with Gasteiger partial charge in [0.15, 0.2) is 25.0 Å². The Morgan fingerprint density at radius 1 is 0.895 bits per heavy atom. The number of amides is 1. The fourth-order valence-corrected chi connectivity index (χ4v) is 10.1. The molecule has 1 heterocycles. The van der Waals surface area contributed by atoms with Crippen LogP contribution in [0, 0.1) is 17.8 Å². The fourth-order valence-electron chi connectivity index (χ4n) is 6.34. The Morgan fingerprint density at radius 2 is 1.40 bits per heavy atom. The minimum Gasteiger partial charge on any atom is -0.497 e. The second kappa shape index (κ2) is 19.5. The maximum atomic E-state index is 13.6. The summed E-state index contributed by atoms with van der Waals surface area (Å²) in [5, 5.41) is 13.9. The standard InChI is InChI=1S/C44H83NO9Si3/c1-22-34(36(27-37(46)45(13)49-15)53-56(18,19)42(6,7)8)38(47)35(30-51-55(16,17)41(3,4)5)40(54-57(20,21)43(9,10)11)44(12)39(52-44)31(2)28-50-29-32-23-25-33(48-14)26-24-32/h22-26,31,34-36,38-40,47H,1,27-30H2,2-21H3/t31-,34-,35-,36-,38+,39+,40-,44-/m0/s1. The lowest BCUT2D eigenvalue weighted by molar-refractivity contribution is -0.171. The van der Waals surface area contributed by atoms with Crippen LogP contribution in [-0.4, -0.2) is 106 Å². The van der Waals surface area contributed by atoms with E-state index in [4.69, 9.17) is 32.3 Å². The monoisotopic (exact) mass is 854 g/mol. The molecular formula is C44H83NO9Si3. The predicted octanol–water partition coefficient (Wildman–Crippen LogP) is 10.00. The Kier molecular flexibility index (Phi) is 17.7. The molecule has 1 aromatic carbocycles. The zero-order valence-electron chi connectivity index (χ0n) is 39.6. The van der Waals surface area contributed by atoms with Gasteiger partial charge in [-0.2, -0.15) is 0 Å². The molecule has 0 radical (unpaired) electrons. The molecule has 1 aliphatic heterocycles. The Balaban J connectivity index is 2.70. The minimum absolute atomic E-state index is 0.00707. The molecule has 0 aromatic heterocycles. The second-order valence-corrected chi connectivity index (χ2v) is 35.4. The highest BCUT2D eigenvalue weighted by molar-refractivity contribution is 6.75. The fraction of sp³-hybridized carbons (Fsp3) is 0.795. The molecule has 1 aromatic rings. The lowest BCUT2D eigenvalue weighted by Gasteiger charge is -2.47. The van der Waals surface area contributed by atoms with Gasteiger partial charge in [0, 0.05) is 31.4 Å². The SMILES string of the molecule is C=C[C@H]([C@@H](O)[C@H](CO[Si](C)(C)C(C)(C)C)[C@H](O[Si](C)(C)C(C)(C)C)[C@@]1(C)O[C@@H]1[C@@H](C)COCc1ccc(OC)cc1)[C@H](CC(=O)N(C)OC)O[Si](C)(C)C(C)(C)C. The second-order valence-electron chi connectivity index (χ2n) is 21.1. The number of aliphatic hydroxyl groups is 1. The quantitative estimate of drug-likeness (QED) is 0.0528. The first-order valence-electron chi connectivity index (χ1n) is 20.8. The third-order valence-corrected chi connectivity index (χ3v) is 27.1. The zero-order valence-corrected chi connectivity index (χ0v) is 42.6. The van der Waals surface area contributed by atoms with Gasteiger partial charge in [0.1, 0.15) is 11.4 Å². The molecule has 330 valence electrons. The van der Waals surface area contributed by atoms with Crippen LogP contribution in [0.25, 0.3) is 0 Å². The molecule has 0 bridgehead atoms. The molecule has 0 saturated carbocycles. The van der Waals surface area contributed by atoms with Gasteiger partial charge in [-0.25, -0.2) is 5.06 Å². The number of hydroxylamine groups is 2. The minimum atomic E-state index is -2.49. The first kappa shape index (κ1) is 51.7. The Morgan fingerprint density at radius 3 is 1.86 bits per heavy atom. The van der Waals surface area contributed by atoms with Crippen LogP contribution in [0.15, 0.2) is 36.9 Å². The van der Waals surface area contributed by atoms with Crippen LogP contribution in [-0.2, 0) is 39.0 Å². The summed E-state index contributed by atoms with van der Waals surface area (Å²) in [6, 6.07) is 7.90. The van der Waals surface area contributed by atoms with Gasteiger partial charge in [0.2, 0.25) is 5.91 Å². The number of nitrogens with zero attached hydrogens (tertiary/aromatic N) is 1. The highest BCUT2D eigenvalue weighted by Crippen LogP contribution is 2.52. The number of ether oxygens (including phenoxy) is 3. The number of rotatable bonds is 22. The maximum absolute atomic E-state index is 13.6. The summed E-state index contributed by atoms with van der Waals surface area (Å²) in [4.78, 5) is 18.9. The summed E-state index contributed by atoms with van der Waals surface area (Å²) < 4.78 is 39.9. The van der Waals surface area contributed by atoms with Gasteiger partial charge in [-0.05, 0) is 79.0 Å². The third kappa shape index (κ3) is 13.3. The molecule has 2 rings (SSSR count). The van der Waals surface area contributed by atoms with Crippen molar-refractivity contribution < 1.29 is 42.2 Å². The molecule has 10 nitrogen and oxygen atoms in total. The van der Waals surface area contributed by atoms with Crippen molar-refractivity contribution in [1.82, 2.24) is 5.06 Å². The predicted molar refractivity (Wildman–Crippen MR) is 240 cm³/mol. The molecule has 1 fully saturated rings. The number of hydrogen-bond acceptors (Lipinski definition) is 9. The van der Waals surface area contributed by atoms with E-state index in [9.17, 15) is 9.90 Å². The molecular weight excluding hydrogens is 771 g/mol. The van der Waals surface area contributed by atoms with Crippen LogP contribution in [0.3, 0.4) is 0 Å². The van der Waals surface area contributed by atoms with E-state index in [0.717, 1.165) is 11.3 Å². The topological polar surface area (TPSA) is 108 Å².